The van der Waals surface area contributed by atoms with Gasteiger partial charge in [0.15, 0.2) is 11.5 Å². The minimum atomic E-state index is -0.559. The van der Waals surface area contributed by atoms with Crippen molar-refractivity contribution in [1.82, 2.24) is 14.8 Å². The van der Waals surface area contributed by atoms with Gasteiger partial charge in [-0.3, -0.25) is 0 Å². The molecule has 0 aromatic carbocycles. The second-order valence-corrected chi connectivity index (χ2v) is 3.34. The Morgan fingerprint density at radius 3 is 3.00 bits per heavy atom. The average Bonchev–Trinajstić information content (AvgIpc) is 2.83. The molecule has 0 aliphatic rings. The van der Waals surface area contributed by atoms with Gasteiger partial charge in [0.2, 0.25) is 0 Å². The molecule has 18 heavy (non-hydrogen) atoms. The van der Waals surface area contributed by atoms with E-state index in [1.165, 1.54) is 10.9 Å². The lowest BCUT2D eigenvalue weighted by Gasteiger charge is -2.02. The molecule has 2 aromatic heterocycles. The molecule has 6 heteroatoms. The van der Waals surface area contributed by atoms with Crippen LogP contribution in [-0.2, 0) is 4.74 Å². The number of hydrogen-bond donors (Lipinski definition) is 0. The molecule has 6 nitrogen and oxygen atoms in total. The van der Waals surface area contributed by atoms with Gasteiger partial charge >= 0.3 is 5.97 Å². The summed E-state index contributed by atoms with van der Waals surface area (Å²) in [6, 6.07) is 7.17. The molecule has 0 aliphatic heterocycles. The van der Waals surface area contributed by atoms with Crippen LogP contribution in [0.2, 0.25) is 0 Å². The molecule has 2 rings (SSSR count). The second kappa shape index (κ2) is 5.10. The molecule has 0 spiro atoms. The molecule has 0 bridgehead atoms. The lowest BCUT2D eigenvalue weighted by molar-refractivity contribution is 0.0526. The lowest BCUT2D eigenvalue weighted by Crippen LogP contribution is -2.08. The predicted molar refractivity (Wildman–Crippen MR) is 62.0 cm³/mol. The normalized spacial score (nSPS) is 9.78. The van der Waals surface area contributed by atoms with Crippen molar-refractivity contribution in [2.24, 2.45) is 0 Å². The number of hydrogen-bond acceptors (Lipinski definition) is 5. The molecule has 0 saturated heterocycles. The summed E-state index contributed by atoms with van der Waals surface area (Å²) >= 11 is 0. The van der Waals surface area contributed by atoms with Crippen molar-refractivity contribution >= 4 is 5.97 Å². The zero-order valence-corrected chi connectivity index (χ0v) is 9.70. The fraction of sp³-hybridized carbons (Fsp3) is 0.167. The van der Waals surface area contributed by atoms with E-state index in [4.69, 9.17) is 10.00 Å². The Balaban J connectivity index is 2.47. The van der Waals surface area contributed by atoms with Crippen molar-refractivity contribution in [2.75, 3.05) is 6.61 Å². The number of carbonyl (C=O) groups excluding carboxylic acids is 1. The summed E-state index contributed by atoms with van der Waals surface area (Å²) in [6.07, 6.45) is 2.90. The largest absolute Gasteiger partial charge is 0.462 e. The Morgan fingerprint density at radius 2 is 2.39 bits per heavy atom. The zero-order chi connectivity index (χ0) is 13.0. The van der Waals surface area contributed by atoms with Crippen LogP contribution in [0, 0.1) is 11.3 Å². The maximum atomic E-state index is 11.6. The van der Waals surface area contributed by atoms with Crippen LogP contribution in [-0.4, -0.2) is 27.3 Å². The third-order valence-corrected chi connectivity index (χ3v) is 2.24. The minimum Gasteiger partial charge on any atom is -0.462 e. The van der Waals surface area contributed by atoms with Crippen molar-refractivity contribution in [3.05, 3.63) is 41.9 Å². The van der Waals surface area contributed by atoms with E-state index in [-0.39, 0.29) is 17.9 Å². The van der Waals surface area contributed by atoms with Crippen LogP contribution >= 0.6 is 0 Å². The van der Waals surface area contributed by atoms with Crippen LogP contribution < -0.4 is 0 Å². The van der Waals surface area contributed by atoms with Gasteiger partial charge in [-0.25, -0.2) is 14.5 Å². The predicted octanol–water partition coefficient (Wildman–Crippen LogP) is 1.32. The number of pyridine rings is 1. The molecule has 2 aromatic rings. The van der Waals surface area contributed by atoms with Gasteiger partial charge in [-0.05, 0) is 19.1 Å². The van der Waals surface area contributed by atoms with Crippen LogP contribution in [0.4, 0.5) is 0 Å². The van der Waals surface area contributed by atoms with Crippen LogP contribution in [0.15, 0.2) is 30.6 Å². The van der Waals surface area contributed by atoms with E-state index in [9.17, 15) is 4.79 Å². The summed E-state index contributed by atoms with van der Waals surface area (Å²) in [6.45, 7) is 1.95. The lowest BCUT2D eigenvalue weighted by atomic mass is 10.2. The van der Waals surface area contributed by atoms with Gasteiger partial charge in [-0.2, -0.15) is 10.4 Å². The Morgan fingerprint density at radius 1 is 1.56 bits per heavy atom. The molecule has 0 unspecified atom stereocenters. The first kappa shape index (κ1) is 11.8. The van der Waals surface area contributed by atoms with E-state index in [0.29, 0.717) is 5.82 Å². The van der Waals surface area contributed by atoms with Gasteiger partial charge in [-0.15, -0.1) is 0 Å². The molecule has 0 radical (unpaired) electrons. The van der Waals surface area contributed by atoms with Crippen molar-refractivity contribution in [3.8, 4) is 11.9 Å². The summed E-state index contributed by atoms with van der Waals surface area (Å²) in [4.78, 5) is 15.7. The highest BCUT2D eigenvalue weighted by Crippen LogP contribution is 2.13. The summed E-state index contributed by atoms with van der Waals surface area (Å²) < 4.78 is 6.17. The Hall–Kier alpha value is -2.68. The summed E-state index contributed by atoms with van der Waals surface area (Å²) in [7, 11) is 0. The van der Waals surface area contributed by atoms with Crippen LogP contribution in [0.1, 0.15) is 23.0 Å². The van der Waals surface area contributed by atoms with Gasteiger partial charge < -0.3 is 4.74 Å². The maximum Gasteiger partial charge on any atom is 0.342 e. The number of nitrogens with zero attached hydrogens (tertiary/aromatic N) is 4. The molecule has 0 N–H and O–H groups in total. The van der Waals surface area contributed by atoms with E-state index in [1.807, 2.05) is 6.07 Å². The Kier molecular flexibility index (Phi) is 3.34. The third-order valence-electron chi connectivity index (χ3n) is 2.24. The molecule has 0 amide bonds. The Bertz CT molecular complexity index is 598. The van der Waals surface area contributed by atoms with Crippen LogP contribution in [0.3, 0.4) is 0 Å². The molecule has 2 heterocycles. The molecule has 0 fully saturated rings. The highest BCUT2D eigenvalue weighted by Gasteiger charge is 2.19. The number of ether oxygens (including phenoxy) is 1. The number of rotatable bonds is 3. The fourth-order valence-electron chi connectivity index (χ4n) is 1.47. The van der Waals surface area contributed by atoms with Gasteiger partial charge in [0.25, 0.3) is 0 Å². The molecular weight excluding hydrogens is 232 g/mol. The van der Waals surface area contributed by atoms with Crippen molar-refractivity contribution < 1.29 is 9.53 Å². The smallest absolute Gasteiger partial charge is 0.342 e. The molecule has 90 valence electrons. The van der Waals surface area contributed by atoms with Gasteiger partial charge in [0.05, 0.1) is 12.8 Å². The summed E-state index contributed by atoms with van der Waals surface area (Å²) in [5.41, 5.74) is 0.261. The molecule has 0 aliphatic carbocycles. The SMILES string of the molecule is CCOC(=O)c1cnn(-c2ccccn2)c1C#N. The molecule has 0 atom stereocenters. The quantitative estimate of drug-likeness (QED) is 0.758. The van der Waals surface area contributed by atoms with E-state index >= 15 is 0 Å². The van der Waals surface area contributed by atoms with Crippen molar-refractivity contribution in [2.45, 2.75) is 6.92 Å². The fourth-order valence-corrected chi connectivity index (χ4v) is 1.47. The topological polar surface area (TPSA) is 80.8 Å². The standard InChI is InChI=1S/C12H10N4O2/c1-2-18-12(17)9-8-15-16(10(9)7-13)11-5-3-4-6-14-11/h3-6,8H,2H2,1H3. The first-order valence-corrected chi connectivity index (χ1v) is 5.34. The number of nitriles is 1. The minimum absolute atomic E-state index is 0.118. The van der Waals surface area contributed by atoms with Crippen molar-refractivity contribution in [3.63, 3.8) is 0 Å². The zero-order valence-electron chi connectivity index (χ0n) is 9.70. The van der Waals surface area contributed by atoms with Crippen molar-refractivity contribution in [1.29, 1.82) is 5.26 Å². The molecular formula is C12H10N4O2. The van der Waals surface area contributed by atoms with Gasteiger partial charge in [-0.1, -0.05) is 6.07 Å². The van der Waals surface area contributed by atoms with Gasteiger partial charge in [0, 0.05) is 6.20 Å². The Labute approximate surface area is 103 Å². The summed E-state index contributed by atoms with van der Waals surface area (Å²) in [5, 5.41) is 13.1. The highest BCUT2D eigenvalue weighted by molar-refractivity contribution is 5.91. The number of aromatic nitrogens is 3. The third kappa shape index (κ3) is 2.06. The highest BCUT2D eigenvalue weighted by atomic mass is 16.5. The van der Waals surface area contributed by atoms with Crippen LogP contribution in [0.5, 0.6) is 0 Å². The first-order valence-electron chi connectivity index (χ1n) is 5.34. The number of esters is 1. The van der Waals surface area contributed by atoms with E-state index < -0.39 is 5.97 Å². The van der Waals surface area contributed by atoms with Crippen LogP contribution in [0.25, 0.3) is 5.82 Å². The van der Waals surface area contributed by atoms with E-state index in [1.54, 1.807) is 31.3 Å². The first-order chi connectivity index (χ1) is 8.77. The van der Waals surface area contributed by atoms with E-state index in [0.717, 1.165) is 0 Å². The summed E-state index contributed by atoms with van der Waals surface area (Å²) in [5.74, 6) is -0.0826. The van der Waals surface area contributed by atoms with Gasteiger partial charge in [0.1, 0.15) is 11.6 Å². The maximum absolute atomic E-state index is 11.6. The number of carbonyl (C=O) groups is 1. The van der Waals surface area contributed by atoms with E-state index in [2.05, 4.69) is 10.1 Å². The average molecular weight is 242 g/mol. The monoisotopic (exact) mass is 242 g/mol. The molecule has 0 saturated carbocycles. The second-order valence-electron chi connectivity index (χ2n) is 3.34.